The molecule has 0 aliphatic heterocycles. The minimum atomic E-state index is -1.01. The van der Waals surface area contributed by atoms with Gasteiger partial charge in [-0.25, -0.2) is 9.78 Å². The molecule has 0 saturated heterocycles. The van der Waals surface area contributed by atoms with E-state index in [-0.39, 0.29) is 12.2 Å². The third kappa shape index (κ3) is 7.60. The van der Waals surface area contributed by atoms with Crippen LogP contribution in [0.15, 0.2) is 95.1 Å². The first-order chi connectivity index (χ1) is 19.3. The number of aliphatic carboxylic acids is 1. The smallest absolute Gasteiger partial charge is 0.326 e. The van der Waals surface area contributed by atoms with E-state index in [1.54, 1.807) is 38.3 Å². The van der Waals surface area contributed by atoms with E-state index in [1.165, 1.54) is 6.08 Å². The predicted molar refractivity (Wildman–Crippen MR) is 152 cm³/mol. The van der Waals surface area contributed by atoms with Gasteiger partial charge in [-0.15, -0.1) is 0 Å². The minimum Gasteiger partial charge on any atom is -0.497 e. The molecule has 0 saturated carbocycles. The van der Waals surface area contributed by atoms with Crippen LogP contribution in [0.25, 0.3) is 11.5 Å². The Morgan fingerprint density at radius 2 is 1.68 bits per heavy atom. The van der Waals surface area contributed by atoms with Crippen molar-refractivity contribution in [1.29, 1.82) is 0 Å². The van der Waals surface area contributed by atoms with Crippen LogP contribution in [0.2, 0.25) is 0 Å². The largest absolute Gasteiger partial charge is 0.497 e. The lowest BCUT2D eigenvalue weighted by molar-refractivity contribution is -0.139. The zero-order valence-electron chi connectivity index (χ0n) is 22.7. The Labute approximate surface area is 233 Å². The summed E-state index contributed by atoms with van der Waals surface area (Å²) in [6.07, 6.45) is 2.22. The van der Waals surface area contributed by atoms with Gasteiger partial charge in [-0.3, -0.25) is 4.79 Å². The van der Waals surface area contributed by atoms with Crippen molar-refractivity contribution in [3.63, 3.8) is 0 Å². The third-order valence-electron chi connectivity index (χ3n) is 6.31. The number of nitrogens with zero attached hydrogens (tertiary/aromatic N) is 1. The van der Waals surface area contributed by atoms with Gasteiger partial charge in [0.15, 0.2) is 5.78 Å². The standard InChI is InChI=1S/C32H32N2O6/c1-21(19-30(35)24-11-15-26(38-3)16-12-24)33-29(32(36)37)20-23-9-13-27(14-10-23)39-18-17-28-22(2)40-31(34-28)25-7-5-4-6-8-25/h4-16,19,29,33H,17-18,20H2,1-3H3,(H,36,37)/b21-19-/t29-/m0/s1. The number of carbonyl (C=O) groups is 2. The lowest BCUT2D eigenvalue weighted by Gasteiger charge is -2.16. The highest BCUT2D eigenvalue weighted by atomic mass is 16.5. The van der Waals surface area contributed by atoms with Gasteiger partial charge in [0.05, 0.1) is 19.4 Å². The molecular formula is C32H32N2O6. The average Bonchev–Trinajstić information content (AvgIpc) is 3.34. The normalized spacial score (nSPS) is 12.0. The summed E-state index contributed by atoms with van der Waals surface area (Å²) in [5.74, 6) is 1.45. The number of oxazole rings is 1. The van der Waals surface area contributed by atoms with Gasteiger partial charge in [-0.1, -0.05) is 30.3 Å². The molecule has 0 unspecified atom stereocenters. The number of ketones is 1. The minimum absolute atomic E-state index is 0.226. The van der Waals surface area contributed by atoms with Crippen molar-refractivity contribution < 1.29 is 28.6 Å². The summed E-state index contributed by atoms with van der Waals surface area (Å²) >= 11 is 0. The van der Waals surface area contributed by atoms with Gasteiger partial charge in [0, 0.05) is 35.7 Å². The number of carbonyl (C=O) groups excluding carboxylic acids is 1. The zero-order chi connectivity index (χ0) is 28.5. The Balaban J connectivity index is 1.30. The number of ether oxygens (including phenoxy) is 2. The number of allylic oxidation sites excluding steroid dienone is 2. The Morgan fingerprint density at radius 1 is 1.00 bits per heavy atom. The second-order valence-corrected chi connectivity index (χ2v) is 9.29. The summed E-state index contributed by atoms with van der Waals surface area (Å²) in [5, 5.41) is 12.7. The van der Waals surface area contributed by atoms with E-state index >= 15 is 0 Å². The van der Waals surface area contributed by atoms with E-state index in [0.717, 1.165) is 22.6 Å². The maximum Gasteiger partial charge on any atom is 0.326 e. The van der Waals surface area contributed by atoms with Gasteiger partial charge in [0.2, 0.25) is 5.89 Å². The Kier molecular flexibility index (Phi) is 9.35. The second-order valence-electron chi connectivity index (χ2n) is 9.29. The Hall–Kier alpha value is -4.85. The first kappa shape index (κ1) is 28.2. The zero-order valence-corrected chi connectivity index (χ0v) is 22.7. The molecule has 40 heavy (non-hydrogen) atoms. The van der Waals surface area contributed by atoms with Crippen molar-refractivity contribution in [2.24, 2.45) is 0 Å². The van der Waals surface area contributed by atoms with Crippen LogP contribution < -0.4 is 14.8 Å². The van der Waals surface area contributed by atoms with Crippen LogP contribution in [-0.2, 0) is 17.6 Å². The van der Waals surface area contributed by atoms with Crippen LogP contribution >= 0.6 is 0 Å². The fourth-order valence-corrected chi connectivity index (χ4v) is 4.14. The van der Waals surface area contributed by atoms with E-state index in [2.05, 4.69) is 10.3 Å². The van der Waals surface area contributed by atoms with Crippen molar-refractivity contribution in [3.8, 4) is 23.0 Å². The van der Waals surface area contributed by atoms with Gasteiger partial charge in [0.25, 0.3) is 0 Å². The van der Waals surface area contributed by atoms with Crippen molar-refractivity contribution in [1.82, 2.24) is 10.3 Å². The fourth-order valence-electron chi connectivity index (χ4n) is 4.14. The number of aromatic nitrogens is 1. The summed E-state index contributed by atoms with van der Waals surface area (Å²) in [6, 6.07) is 22.9. The molecule has 0 aliphatic carbocycles. The van der Waals surface area contributed by atoms with E-state index in [4.69, 9.17) is 13.9 Å². The van der Waals surface area contributed by atoms with Gasteiger partial charge in [-0.05, 0) is 67.9 Å². The number of rotatable bonds is 13. The van der Waals surface area contributed by atoms with Crippen LogP contribution in [0.3, 0.4) is 0 Å². The Bertz CT molecular complexity index is 1460. The molecule has 0 aliphatic rings. The van der Waals surface area contributed by atoms with Crippen LogP contribution in [0.4, 0.5) is 0 Å². The molecule has 2 N–H and O–H groups in total. The molecule has 1 atom stereocenters. The lowest BCUT2D eigenvalue weighted by Crippen LogP contribution is -2.37. The van der Waals surface area contributed by atoms with Crippen molar-refractivity contribution in [2.45, 2.75) is 32.7 Å². The number of methoxy groups -OCH3 is 1. The molecule has 0 bridgehead atoms. The molecule has 8 nitrogen and oxygen atoms in total. The summed E-state index contributed by atoms with van der Waals surface area (Å²) in [6.45, 7) is 3.99. The maximum atomic E-state index is 12.5. The number of benzene rings is 3. The summed E-state index contributed by atoms with van der Waals surface area (Å²) in [7, 11) is 1.56. The molecule has 4 aromatic rings. The quantitative estimate of drug-likeness (QED) is 0.165. The van der Waals surface area contributed by atoms with Crippen LogP contribution in [-0.4, -0.2) is 41.6 Å². The third-order valence-corrected chi connectivity index (χ3v) is 6.31. The van der Waals surface area contributed by atoms with Crippen LogP contribution in [0.1, 0.15) is 34.3 Å². The topological polar surface area (TPSA) is 111 Å². The first-order valence-electron chi connectivity index (χ1n) is 12.9. The average molecular weight is 541 g/mol. The number of carboxylic acids is 1. The van der Waals surface area contributed by atoms with E-state index in [1.807, 2.05) is 61.5 Å². The molecule has 0 spiro atoms. The van der Waals surface area contributed by atoms with Gasteiger partial charge >= 0.3 is 5.97 Å². The van der Waals surface area contributed by atoms with Gasteiger partial charge in [-0.2, -0.15) is 0 Å². The summed E-state index contributed by atoms with van der Waals surface area (Å²) in [4.78, 5) is 29.0. The highest BCUT2D eigenvalue weighted by Gasteiger charge is 2.18. The number of aryl methyl sites for hydroxylation is 1. The molecule has 8 heteroatoms. The van der Waals surface area contributed by atoms with Gasteiger partial charge in [0.1, 0.15) is 23.3 Å². The number of nitrogens with one attached hydrogen (secondary N) is 1. The predicted octanol–water partition coefficient (Wildman–Crippen LogP) is 5.65. The van der Waals surface area contributed by atoms with Gasteiger partial charge < -0.3 is 24.3 Å². The monoisotopic (exact) mass is 540 g/mol. The summed E-state index contributed by atoms with van der Waals surface area (Å²) in [5.41, 5.74) is 3.55. The molecule has 206 valence electrons. The molecular weight excluding hydrogens is 508 g/mol. The molecule has 0 amide bonds. The second kappa shape index (κ2) is 13.3. The van der Waals surface area contributed by atoms with E-state index in [0.29, 0.717) is 41.7 Å². The highest BCUT2D eigenvalue weighted by molar-refractivity contribution is 6.04. The lowest BCUT2D eigenvalue weighted by atomic mass is 10.0. The Morgan fingerprint density at radius 3 is 2.33 bits per heavy atom. The van der Waals surface area contributed by atoms with Crippen LogP contribution in [0.5, 0.6) is 11.5 Å². The van der Waals surface area contributed by atoms with Crippen LogP contribution in [0, 0.1) is 6.92 Å². The molecule has 3 aromatic carbocycles. The fraction of sp³-hybridized carbons (Fsp3) is 0.219. The maximum absolute atomic E-state index is 12.5. The number of hydrogen-bond donors (Lipinski definition) is 2. The number of carboxylic acid groups (broad SMARTS) is 1. The molecule has 1 heterocycles. The van der Waals surface area contributed by atoms with Crippen molar-refractivity contribution >= 4 is 11.8 Å². The molecule has 1 aromatic heterocycles. The van der Waals surface area contributed by atoms with E-state index in [9.17, 15) is 14.7 Å². The van der Waals surface area contributed by atoms with Crippen molar-refractivity contribution in [2.75, 3.05) is 13.7 Å². The molecule has 0 radical (unpaired) electrons. The van der Waals surface area contributed by atoms with E-state index < -0.39 is 12.0 Å². The number of hydrogen-bond acceptors (Lipinski definition) is 7. The molecule has 0 fully saturated rings. The summed E-state index contributed by atoms with van der Waals surface area (Å²) < 4.78 is 16.8. The SMILES string of the molecule is COc1ccc(C(=O)/C=C(/C)N[C@@H](Cc2ccc(OCCc3nc(-c4ccccc4)oc3C)cc2)C(=O)O)cc1. The highest BCUT2D eigenvalue weighted by Crippen LogP contribution is 2.22. The molecule has 4 rings (SSSR count). The van der Waals surface area contributed by atoms with Crippen molar-refractivity contribution in [3.05, 3.63) is 113 Å². The first-order valence-corrected chi connectivity index (χ1v) is 12.9.